The molecule has 7 heteroatoms. The van der Waals surface area contributed by atoms with Gasteiger partial charge in [0.05, 0.1) is 6.61 Å². The van der Waals surface area contributed by atoms with E-state index in [9.17, 15) is 4.79 Å². The number of rotatable bonds is 6. The third-order valence-corrected chi connectivity index (χ3v) is 4.55. The highest BCUT2D eigenvalue weighted by atomic mass is 16.5. The topological polar surface area (TPSA) is 97.5 Å². The van der Waals surface area contributed by atoms with Crippen molar-refractivity contribution >= 4 is 6.09 Å². The molecule has 3 rings (SSSR count). The van der Waals surface area contributed by atoms with Crippen molar-refractivity contribution in [1.29, 1.82) is 0 Å². The molecule has 7 nitrogen and oxygen atoms in total. The second-order valence-corrected chi connectivity index (χ2v) is 6.42. The summed E-state index contributed by atoms with van der Waals surface area (Å²) in [5, 5.41) is 19.6. The SMILES string of the molecule is C[C@@H](OCc1ccccc1)c1nnc([C@H]2CC[C@H](NC(=O)O)CC2)o1. The van der Waals surface area contributed by atoms with Crippen molar-refractivity contribution in [3.8, 4) is 0 Å². The van der Waals surface area contributed by atoms with Crippen molar-refractivity contribution in [2.75, 3.05) is 0 Å². The quantitative estimate of drug-likeness (QED) is 0.829. The molecule has 0 radical (unpaired) electrons. The van der Waals surface area contributed by atoms with Gasteiger partial charge in [0.25, 0.3) is 0 Å². The standard InChI is InChI=1S/C18H23N3O4/c1-12(24-11-13-5-3-2-4-6-13)16-20-21-17(25-16)14-7-9-15(10-8-14)19-18(22)23/h2-6,12,14-15,19H,7-11H2,1H3,(H,22,23)/t12-,14-,15-/m1/s1. The van der Waals surface area contributed by atoms with Crippen LogP contribution in [0.1, 0.15) is 62.0 Å². The van der Waals surface area contributed by atoms with Crippen LogP contribution in [-0.2, 0) is 11.3 Å². The summed E-state index contributed by atoms with van der Waals surface area (Å²) >= 11 is 0. The summed E-state index contributed by atoms with van der Waals surface area (Å²) in [6.07, 6.45) is 2.01. The molecule has 1 aliphatic rings. The third-order valence-electron chi connectivity index (χ3n) is 4.55. The summed E-state index contributed by atoms with van der Waals surface area (Å²) < 4.78 is 11.6. The molecule has 0 spiro atoms. The van der Waals surface area contributed by atoms with Crippen LogP contribution >= 0.6 is 0 Å². The van der Waals surface area contributed by atoms with Crippen LogP contribution in [-0.4, -0.2) is 27.4 Å². The molecule has 1 heterocycles. The van der Waals surface area contributed by atoms with Crippen molar-refractivity contribution in [3.63, 3.8) is 0 Å². The van der Waals surface area contributed by atoms with Crippen molar-refractivity contribution in [3.05, 3.63) is 47.7 Å². The van der Waals surface area contributed by atoms with Gasteiger partial charge in [-0.1, -0.05) is 30.3 Å². The number of nitrogens with one attached hydrogen (secondary N) is 1. The van der Waals surface area contributed by atoms with Gasteiger partial charge in [0.15, 0.2) is 0 Å². The Kier molecular flexibility index (Phi) is 5.65. The Morgan fingerprint density at radius 3 is 2.68 bits per heavy atom. The summed E-state index contributed by atoms with van der Waals surface area (Å²) in [6, 6.07) is 9.96. The Bertz CT molecular complexity index is 681. The lowest BCUT2D eigenvalue weighted by Gasteiger charge is -2.26. The van der Waals surface area contributed by atoms with Gasteiger partial charge in [-0.25, -0.2) is 4.79 Å². The second kappa shape index (κ2) is 8.11. The number of nitrogens with zero attached hydrogens (tertiary/aromatic N) is 2. The van der Waals surface area contributed by atoms with Gasteiger partial charge in [-0.2, -0.15) is 0 Å². The van der Waals surface area contributed by atoms with Crippen LogP contribution in [0.3, 0.4) is 0 Å². The molecule has 0 bridgehead atoms. The molecule has 0 unspecified atom stereocenters. The second-order valence-electron chi connectivity index (χ2n) is 6.42. The van der Waals surface area contributed by atoms with Gasteiger partial charge >= 0.3 is 6.09 Å². The Balaban J connectivity index is 1.51. The summed E-state index contributed by atoms with van der Waals surface area (Å²) in [4.78, 5) is 10.7. The van der Waals surface area contributed by atoms with Crippen LogP contribution in [0.4, 0.5) is 4.79 Å². The predicted octanol–water partition coefficient (Wildman–Crippen LogP) is 3.64. The van der Waals surface area contributed by atoms with Crippen LogP contribution in [0.15, 0.2) is 34.7 Å². The van der Waals surface area contributed by atoms with Gasteiger partial charge in [0.1, 0.15) is 6.10 Å². The van der Waals surface area contributed by atoms with Gasteiger partial charge in [-0.05, 0) is 38.2 Å². The molecule has 1 aromatic heterocycles. The van der Waals surface area contributed by atoms with Gasteiger partial charge in [-0.15, -0.1) is 10.2 Å². The lowest BCUT2D eigenvalue weighted by atomic mass is 9.86. The van der Waals surface area contributed by atoms with Gasteiger partial charge < -0.3 is 19.6 Å². The van der Waals surface area contributed by atoms with E-state index in [2.05, 4.69) is 15.5 Å². The summed E-state index contributed by atoms with van der Waals surface area (Å²) in [7, 11) is 0. The minimum absolute atomic E-state index is 0.0178. The highest BCUT2D eigenvalue weighted by molar-refractivity contribution is 5.64. The number of aromatic nitrogens is 2. The molecule has 1 saturated carbocycles. The Morgan fingerprint density at radius 1 is 1.28 bits per heavy atom. The molecule has 134 valence electrons. The maximum absolute atomic E-state index is 10.7. The third kappa shape index (κ3) is 4.79. The lowest BCUT2D eigenvalue weighted by Crippen LogP contribution is -2.36. The fraction of sp³-hybridized carbons (Fsp3) is 0.500. The first-order valence-electron chi connectivity index (χ1n) is 8.60. The average molecular weight is 345 g/mol. The smallest absolute Gasteiger partial charge is 0.404 e. The molecule has 1 fully saturated rings. The first kappa shape index (κ1) is 17.4. The van der Waals surface area contributed by atoms with Crippen molar-refractivity contribution in [1.82, 2.24) is 15.5 Å². The highest BCUT2D eigenvalue weighted by Crippen LogP contribution is 2.33. The van der Waals surface area contributed by atoms with Crippen molar-refractivity contribution < 1.29 is 19.1 Å². The van der Waals surface area contributed by atoms with Crippen LogP contribution < -0.4 is 5.32 Å². The van der Waals surface area contributed by atoms with E-state index in [1.165, 1.54) is 0 Å². The molecule has 0 aliphatic heterocycles. The van der Waals surface area contributed by atoms with Crippen LogP contribution in [0.5, 0.6) is 0 Å². The van der Waals surface area contributed by atoms with Crippen molar-refractivity contribution in [2.45, 2.75) is 57.3 Å². The number of hydrogen-bond acceptors (Lipinski definition) is 5. The largest absolute Gasteiger partial charge is 0.465 e. The molecule has 1 amide bonds. The average Bonchev–Trinajstić information content (AvgIpc) is 3.11. The van der Waals surface area contributed by atoms with E-state index in [-0.39, 0.29) is 18.1 Å². The van der Waals surface area contributed by atoms with Crippen molar-refractivity contribution in [2.24, 2.45) is 0 Å². The molecule has 0 saturated heterocycles. The minimum atomic E-state index is -0.965. The zero-order valence-electron chi connectivity index (χ0n) is 14.2. The summed E-state index contributed by atoms with van der Waals surface area (Å²) in [6.45, 7) is 2.39. The zero-order chi connectivity index (χ0) is 17.6. The first-order chi connectivity index (χ1) is 12.1. The number of carbonyl (C=O) groups is 1. The molecule has 1 aliphatic carbocycles. The molecular formula is C18H23N3O4. The van der Waals surface area contributed by atoms with Gasteiger partial charge in [0.2, 0.25) is 11.8 Å². The van der Waals surface area contributed by atoms with E-state index in [1.54, 1.807) is 0 Å². The monoisotopic (exact) mass is 345 g/mol. The Morgan fingerprint density at radius 2 is 2.00 bits per heavy atom. The Labute approximate surface area is 146 Å². The summed E-state index contributed by atoms with van der Waals surface area (Å²) in [5.41, 5.74) is 1.10. The number of carboxylic acid groups (broad SMARTS) is 1. The molecule has 2 aromatic rings. The van der Waals surface area contributed by atoms with Crippen LogP contribution in [0.25, 0.3) is 0 Å². The number of ether oxygens (including phenoxy) is 1. The molecule has 2 N–H and O–H groups in total. The van der Waals surface area contributed by atoms with Crippen LogP contribution in [0.2, 0.25) is 0 Å². The fourth-order valence-electron chi connectivity index (χ4n) is 3.10. The highest BCUT2D eigenvalue weighted by Gasteiger charge is 2.27. The lowest BCUT2D eigenvalue weighted by molar-refractivity contribution is 0.0333. The number of benzene rings is 1. The zero-order valence-corrected chi connectivity index (χ0v) is 14.2. The number of hydrogen-bond donors (Lipinski definition) is 2. The molecule has 1 aromatic carbocycles. The van der Waals surface area contributed by atoms with E-state index in [0.717, 1.165) is 31.2 Å². The maximum atomic E-state index is 10.7. The molecule has 1 atom stereocenters. The van der Waals surface area contributed by atoms with E-state index in [0.29, 0.717) is 18.4 Å². The maximum Gasteiger partial charge on any atom is 0.404 e. The predicted molar refractivity (Wildman–Crippen MR) is 90.1 cm³/mol. The van der Waals surface area contributed by atoms with E-state index in [1.807, 2.05) is 37.3 Å². The van der Waals surface area contributed by atoms with E-state index < -0.39 is 6.09 Å². The van der Waals surface area contributed by atoms with E-state index >= 15 is 0 Å². The molecule has 25 heavy (non-hydrogen) atoms. The van der Waals surface area contributed by atoms with Gasteiger partial charge in [-0.3, -0.25) is 0 Å². The van der Waals surface area contributed by atoms with Crippen LogP contribution in [0, 0.1) is 0 Å². The number of amides is 1. The normalized spacial score (nSPS) is 21.6. The van der Waals surface area contributed by atoms with Gasteiger partial charge in [0, 0.05) is 12.0 Å². The fourth-order valence-corrected chi connectivity index (χ4v) is 3.10. The Hall–Kier alpha value is -2.41. The minimum Gasteiger partial charge on any atom is -0.465 e. The van der Waals surface area contributed by atoms with E-state index in [4.69, 9.17) is 14.3 Å². The summed E-state index contributed by atoms with van der Waals surface area (Å²) in [5.74, 6) is 1.30. The first-order valence-corrected chi connectivity index (χ1v) is 8.60. The molecular weight excluding hydrogens is 322 g/mol.